The van der Waals surface area contributed by atoms with Crippen LogP contribution in [0.5, 0.6) is 0 Å². The fourth-order valence-electron chi connectivity index (χ4n) is 3.08. The minimum Gasteiger partial charge on any atom is -0.480 e. The monoisotopic (exact) mass is 282 g/mol. The maximum absolute atomic E-state index is 12.5. The Labute approximate surface area is 120 Å². The summed E-state index contributed by atoms with van der Waals surface area (Å²) in [5, 5.41) is 8.97. The summed E-state index contributed by atoms with van der Waals surface area (Å²) in [6.07, 6.45) is 6.70. The third-order valence-corrected chi connectivity index (χ3v) is 4.35. The van der Waals surface area contributed by atoms with Gasteiger partial charge in [-0.25, -0.2) is 0 Å². The number of carbonyl (C=O) groups is 2. The number of piperidine rings is 1. The molecule has 1 saturated carbocycles. The average molecular weight is 282 g/mol. The van der Waals surface area contributed by atoms with Crippen LogP contribution in [-0.4, -0.2) is 59.0 Å². The van der Waals surface area contributed by atoms with Crippen LogP contribution in [-0.2, 0) is 9.59 Å². The van der Waals surface area contributed by atoms with Gasteiger partial charge in [-0.15, -0.1) is 0 Å². The molecule has 1 atom stereocenters. The van der Waals surface area contributed by atoms with Crippen molar-refractivity contribution < 1.29 is 14.7 Å². The van der Waals surface area contributed by atoms with Gasteiger partial charge in [0.1, 0.15) is 0 Å². The molecule has 0 spiro atoms. The fraction of sp³-hybridized carbons (Fsp3) is 0.867. The summed E-state index contributed by atoms with van der Waals surface area (Å²) in [5.41, 5.74) is 0. The molecular formula is C15H26N2O3. The molecule has 1 N–H and O–H groups in total. The van der Waals surface area contributed by atoms with E-state index in [4.69, 9.17) is 5.11 Å². The molecule has 0 aromatic heterocycles. The first-order valence-corrected chi connectivity index (χ1v) is 7.83. The summed E-state index contributed by atoms with van der Waals surface area (Å²) < 4.78 is 0. The standard InChI is InChI=1S/C15H26N2O3/c1-2-13-5-3-4-8-17(13)14(18)10-16(11-15(19)20)9-12-6-7-12/h12-13H,2-11H2,1H3,(H,19,20). The number of aliphatic carboxylic acids is 1. The quantitative estimate of drug-likeness (QED) is 0.770. The van der Waals surface area contributed by atoms with E-state index >= 15 is 0 Å². The number of carboxylic acids is 1. The second kappa shape index (κ2) is 7.07. The van der Waals surface area contributed by atoms with Gasteiger partial charge in [-0.1, -0.05) is 6.92 Å². The zero-order valence-corrected chi connectivity index (χ0v) is 12.4. The highest BCUT2D eigenvalue weighted by Crippen LogP contribution is 2.29. The number of nitrogens with zero attached hydrogens (tertiary/aromatic N) is 2. The second-order valence-corrected chi connectivity index (χ2v) is 6.15. The Hall–Kier alpha value is -1.10. The molecule has 0 aromatic rings. The zero-order valence-electron chi connectivity index (χ0n) is 12.4. The van der Waals surface area contributed by atoms with E-state index in [0.29, 0.717) is 12.0 Å². The number of carbonyl (C=O) groups excluding carboxylic acids is 1. The van der Waals surface area contributed by atoms with Crippen LogP contribution in [0.2, 0.25) is 0 Å². The smallest absolute Gasteiger partial charge is 0.317 e. The highest BCUT2D eigenvalue weighted by Gasteiger charge is 2.30. The molecule has 0 aromatic carbocycles. The summed E-state index contributed by atoms with van der Waals surface area (Å²) >= 11 is 0. The van der Waals surface area contributed by atoms with Gasteiger partial charge in [-0.3, -0.25) is 14.5 Å². The Balaban J connectivity index is 1.89. The van der Waals surface area contributed by atoms with E-state index in [0.717, 1.165) is 32.4 Å². The van der Waals surface area contributed by atoms with Crippen molar-refractivity contribution in [3.63, 3.8) is 0 Å². The number of rotatable bonds is 7. The zero-order chi connectivity index (χ0) is 14.5. The Morgan fingerprint density at radius 1 is 1.20 bits per heavy atom. The number of hydrogen-bond donors (Lipinski definition) is 1. The molecule has 5 heteroatoms. The fourth-order valence-corrected chi connectivity index (χ4v) is 3.08. The van der Waals surface area contributed by atoms with Gasteiger partial charge in [0.2, 0.25) is 5.91 Å². The van der Waals surface area contributed by atoms with Crippen LogP contribution in [0.15, 0.2) is 0 Å². The summed E-state index contributed by atoms with van der Waals surface area (Å²) in [6, 6.07) is 0.351. The Morgan fingerprint density at radius 2 is 1.95 bits per heavy atom. The first kappa shape index (κ1) is 15.3. The van der Waals surface area contributed by atoms with Gasteiger partial charge in [-0.05, 0) is 44.4 Å². The number of amides is 1. The van der Waals surface area contributed by atoms with Crippen LogP contribution in [0.3, 0.4) is 0 Å². The molecule has 20 heavy (non-hydrogen) atoms. The van der Waals surface area contributed by atoms with Crippen molar-refractivity contribution in [1.29, 1.82) is 0 Å². The molecule has 1 amide bonds. The molecule has 1 unspecified atom stereocenters. The summed E-state index contributed by atoms with van der Waals surface area (Å²) in [5.74, 6) is -0.131. The Bertz CT molecular complexity index is 355. The van der Waals surface area contributed by atoms with Crippen molar-refractivity contribution in [3.05, 3.63) is 0 Å². The lowest BCUT2D eigenvalue weighted by atomic mass is 10.00. The maximum atomic E-state index is 12.5. The number of carboxylic acid groups (broad SMARTS) is 1. The van der Waals surface area contributed by atoms with Gasteiger partial charge >= 0.3 is 5.97 Å². The van der Waals surface area contributed by atoms with Crippen molar-refractivity contribution in [1.82, 2.24) is 9.80 Å². The van der Waals surface area contributed by atoms with Gasteiger partial charge in [-0.2, -0.15) is 0 Å². The molecule has 1 aliphatic carbocycles. The van der Waals surface area contributed by atoms with Crippen LogP contribution in [0, 0.1) is 5.92 Å². The van der Waals surface area contributed by atoms with Gasteiger partial charge in [0.15, 0.2) is 0 Å². The SMILES string of the molecule is CCC1CCCCN1C(=O)CN(CC(=O)O)CC1CC1. The van der Waals surface area contributed by atoms with E-state index in [2.05, 4.69) is 6.92 Å². The lowest BCUT2D eigenvalue weighted by molar-refractivity contribution is -0.140. The van der Waals surface area contributed by atoms with Crippen molar-refractivity contribution in [2.75, 3.05) is 26.2 Å². The van der Waals surface area contributed by atoms with Crippen LogP contribution in [0.4, 0.5) is 0 Å². The molecule has 0 radical (unpaired) electrons. The van der Waals surface area contributed by atoms with Crippen molar-refractivity contribution in [3.8, 4) is 0 Å². The van der Waals surface area contributed by atoms with Gasteiger partial charge in [0.05, 0.1) is 13.1 Å². The molecular weight excluding hydrogens is 256 g/mol. The van der Waals surface area contributed by atoms with Crippen molar-refractivity contribution in [2.45, 2.75) is 51.5 Å². The first-order chi connectivity index (χ1) is 9.60. The van der Waals surface area contributed by atoms with Gasteiger partial charge in [0, 0.05) is 19.1 Å². The normalized spacial score (nSPS) is 23.1. The highest BCUT2D eigenvalue weighted by molar-refractivity contribution is 5.79. The van der Waals surface area contributed by atoms with Crippen molar-refractivity contribution in [2.24, 2.45) is 5.92 Å². The van der Waals surface area contributed by atoms with E-state index in [9.17, 15) is 9.59 Å². The molecule has 0 bridgehead atoms. The Morgan fingerprint density at radius 3 is 2.55 bits per heavy atom. The molecule has 114 valence electrons. The minimum absolute atomic E-state index is 0.0210. The predicted octanol–water partition coefficient (Wildman–Crippen LogP) is 1.57. The molecule has 2 fully saturated rings. The Kier molecular flexibility index (Phi) is 5.40. The molecule has 5 nitrogen and oxygen atoms in total. The lowest BCUT2D eigenvalue weighted by Gasteiger charge is -2.36. The predicted molar refractivity (Wildman–Crippen MR) is 76.4 cm³/mol. The molecule has 2 rings (SSSR count). The molecule has 1 saturated heterocycles. The third-order valence-electron chi connectivity index (χ3n) is 4.35. The van der Waals surface area contributed by atoms with Gasteiger partial charge in [0.25, 0.3) is 0 Å². The molecule has 1 heterocycles. The molecule has 2 aliphatic rings. The topological polar surface area (TPSA) is 60.9 Å². The number of likely N-dealkylation sites (tertiary alicyclic amines) is 1. The number of hydrogen-bond acceptors (Lipinski definition) is 3. The molecule has 1 aliphatic heterocycles. The third kappa shape index (κ3) is 4.47. The second-order valence-electron chi connectivity index (χ2n) is 6.15. The van der Waals surface area contributed by atoms with Crippen LogP contribution < -0.4 is 0 Å². The summed E-state index contributed by atoms with van der Waals surface area (Å²) in [7, 11) is 0. The summed E-state index contributed by atoms with van der Waals surface area (Å²) in [6.45, 7) is 3.95. The van der Waals surface area contributed by atoms with E-state index in [1.165, 1.54) is 19.3 Å². The van der Waals surface area contributed by atoms with Crippen LogP contribution in [0.1, 0.15) is 45.4 Å². The average Bonchev–Trinajstić information content (AvgIpc) is 3.21. The van der Waals surface area contributed by atoms with E-state index in [-0.39, 0.29) is 19.0 Å². The minimum atomic E-state index is -0.843. The van der Waals surface area contributed by atoms with Gasteiger partial charge < -0.3 is 10.0 Å². The van der Waals surface area contributed by atoms with Crippen LogP contribution >= 0.6 is 0 Å². The maximum Gasteiger partial charge on any atom is 0.317 e. The van der Waals surface area contributed by atoms with Crippen LogP contribution in [0.25, 0.3) is 0 Å². The largest absolute Gasteiger partial charge is 0.480 e. The van der Waals surface area contributed by atoms with E-state index in [1.807, 2.05) is 9.80 Å². The van der Waals surface area contributed by atoms with Crippen molar-refractivity contribution >= 4 is 11.9 Å². The van der Waals surface area contributed by atoms with E-state index in [1.54, 1.807) is 0 Å². The lowest BCUT2D eigenvalue weighted by Crippen LogP contribution is -2.48. The summed E-state index contributed by atoms with van der Waals surface area (Å²) in [4.78, 5) is 27.2. The first-order valence-electron chi connectivity index (χ1n) is 7.83. The highest BCUT2D eigenvalue weighted by atomic mass is 16.4. The van der Waals surface area contributed by atoms with E-state index < -0.39 is 5.97 Å².